The number of nitrogens with zero attached hydrogens (tertiary/aromatic N) is 3. The van der Waals surface area contributed by atoms with Crippen LogP contribution in [0.25, 0.3) is 5.57 Å². The van der Waals surface area contributed by atoms with Crippen LogP contribution in [0.1, 0.15) is 31.0 Å². The highest BCUT2D eigenvalue weighted by Gasteiger charge is 2.37. The van der Waals surface area contributed by atoms with E-state index in [0.717, 1.165) is 17.0 Å². The van der Waals surface area contributed by atoms with Crippen molar-refractivity contribution in [1.29, 1.82) is 0 Å². The van der Waals surface area contributed by atoms with Crippen LogP contribution in [-0.2, 0) is 14.3 Å². The maximum Gasteiger partial charge on any atom is 0.338 e. The van der Waals surface area contributed by atoms with Crippen LogP contribution >= 0.6 is 11.3 Å². The Balaban J connectivity index is 1.84. The van der Waals surface area contributed by atoms with Gasteiger partial charge in [0.05, 0.1) is 36.2 Å². The summed E-state index contributed by atoms with van der Waals surface area (Å²) in [4.78, 5) is 47.4. The third kappa shape index (κ3) is 3.82. The number of carbonyl (C=O) groups is 2. The van der Waals surface area contributed by atoms with E-state index in [1.165, 1.54) is 11.7 Å². The van der Waals surface area contributed by atoms with Gasteiger partial charge >= 0.3 is 5.97 Å². The largest absolute Gasteiger partial charge is 0.496 e. The van der Waals surface area contributed by atoms with Gasteiger partial charge in [-0.25, -0.2) is 9.79 Å². The van der Waals surface area contributed by atoms with Crippen LogP contribution in [0.5, 0.6) is 5.75 Å². The van der Waals surface area contributed by atoms with Crippen molar-refractivity contribution in [3.63, 3.8) is 0 Å². The number of allylic oxidation sites excluding steroid dienone is 1. The summed E-state index contributed by atoms with van der Waals surface area (Å²) in [5, 5.41) is 0. The molecule has 0 aliphatic carbocycles. The lowest BCUT2D eigenvalue weighted by molar-refractivity contribution is -0.139. The highest BCUT2D eigenvalue weighted by molar-refractivity contribution is 7.07. The van der Waals surface area contributed by atoms with Crippen LogP contribution in [0.2, 0.25) is 0 Å². The Bertz CT molecular complexity index is 1660. The molecule has 1 aromatic heterocycles. The highest BCUT2D eigenvalue weighted by Crippen LogP contribution is 2.37. The molecule has 2 aliphatic rings. The fourth-order valence-corrected chi connectivity index (χ4v) is 5.98. The minimum Gasteiger partial charge on any atom is -0.496 e. The molecule has 5 rings (SSSR count). The van der Waals surface area contributed by atoms with Gasteiger partial charge in [0.2, 0.25) is 0 Å². The molecule has 2 aromatic carbocycles. The third-order valence-electron chi connectivity index (χ3n) is 6.39. The molecule has 1 atom stereocenters. The molecule has 0 spiro atoms. The molecule has 0 bridgehead atoms. The molecule has 0 radical (unpaired) electrons. The summed E-state index contributed by atoms with van der Waals surface area (Å²) in [6.07, 6.45) is 1.65. The average Bonchev–Trinajstić information content (AvgIpc) is 3.36. The molecule has 1 amide bonds. The van der Waals surface area contributed by atoms with E-state index in [2.05, 4.69) is 11.6 Å². The lowest BCUT2D eigenvalue weighted by Gasteiger charge is -2.25. The van der Waals surface area contributed by atoms with Crippen LogP contribution < -0.4 is 24.5 Å². The zero-order valence-electron chi connectivity index (χ0n) is 20.7. The van der Waals surface area contributed by atoms with Gasteiger partial charge in [-0.05, 0) is 26.0 Å². The number of aromatic nitrogens is 1. The third-order valence-corrected chi connectivity index (χ3v) is 7.44. The van der Waals surface area contributed by atoms with E-state index >= 15 is 0 Å². The van der Waals surface area contributed by atoms with E-state index in [9.17, 15) is 14.4 Å². The van der Waals surface area contributed by atoms with Crippen LogP contribution in [0.15, 0.2) is 82.2 Å². The zero-order valence-corrected chi connectivity index (χ0v) is 21.5. The van der Waals surface area contributed by atoms with Gasteiger partial charge in [0.1, 0.15) is 16.3 Å². The maximum atomic E-state index is 14.1. The van der Waals surface area contributed by atoms with Crippen molar-refractivity contribution >= 4 is 34.5 Å². The summed E-state index contributed by atoms with van der Waals surface area (Å²) in [6, 6.07) is 13.7. The Labute approximate surface area is 217 Å². The summed E-state index contributed by atoms with van der Waals surface area (Å²) < 4.78 is 12.7. The minimum absolute atomic E-state index is 0.174. The molecule has 0 N–H and O–H groups in total. The standard InChI is InChI=1S/C28H25N3O5S/c1-5-15-30-19-13-9-7-11-17(19)22(25(30)32)24-26(33)31-23(18-12-8-10-14-20(18)35-4)21(27(34)36-6-2)16(3)29-28(31)37-24/h5,7-14,23H,1,6,15H2,2-4H3/b24-22+/t23-/m0/s1. The van der Waals surface area contributed by atoms with Crippen molar-refractivity contribution in [2.45, 2.75) is 19.9 Å². The first-order valence-corrected chi connectivity index (χ1v) is 12.6. The minimum atomic E-state index is -0.836. The van der Waals surface area contributed by atoms with Crippen molar-refractivity contribution in [1.82, 2.24) is 4.57 Å². The number of amides is 1. The second-order valence-corrected chi connectivity index (χ2v) is 9.44. The number of para-hydroxylation sites is 2. The topological polar surface area (TPSA) is 90.2 Å². The van der Waals surface area contributed by atoms with Crippen molar-refractivity contribution in [2.75, 3.05) is 25.2 Å². The summed E-state index contributed by atoms with van der Waals surface area (Å²) in [5.41, 5.74) is 2.62. The van der Waals surface area contributed by atoms with Crippen LogP contribution in [-0.4, -0.2) is 36.7 Å². The maximum absolute atomic E-state index is 14.1. The van der Waals surface area contributed by atoms with Gasteiger partial charge in [0.25, 0.3) is 11.5 Å². The van der Waals surface area contributed by atoms with Gasteiger partial charge in [-0.1, -0.05) is 53.8 Å². The molecule has 0 unspecified atom stereocenters. The molecule has 0 fully saturated rings. The van der Waals surface area contributed by atoms with Crippen LogP contribution in [0.4, 0.5) is 5.69 Å². The number of fused-ring (bicyclic) bond motifs is 2. The molecule has 0 saturated heterocycles. The number of benzene rings is 2. The van der Waals surface area contributed by atoms with E-state index in [-0.39, 0.29) is 22.6 Å². The Kier molecular flexibility index (Phi) is 6.39. The molecule has 8 nitrogen and oxygen atoms in total. The van der Waals surface area contributed by atoms with E-state index in [1.54, 1.807) is 30.9 Å². The Hall–Kier alpha value is -4.24. The predicted octanol–water partition coefficient (Wildman–Crippen LogP) is 2.71. The Morgan fingerprint density at radius 1 is 1.16 bits per heavy atom. The smallest absolute Gasteiger partial charge is 0.338 e. The first kappa shape index (κ1) is 24.5. The summed E-state index contributed by atoms with van der Waals surface area (Å²) in [7, 11) is 1.54. The van der Waals surface area contributed by atoms with Crippen molar-refractivity contribution in [2.24, 2.45) is 4.99 Å². The molecule has 188 valence electrons. The second kappa shape index (κ2) is 9.67. The van der Waals surface area contributed by atoms with Crippen molar-refractivity contribution in [3.8, 4) is 5.75 Å². The van der Waals surface area contributed by atoms with Crippen LogP contribution in [0, 0.1) is 0 Å². The number of ether oxygens (including phenoxy) is 2. The number of methoxy groups -OCH3 is 1. The Morgan fingerprint density at radius 3 is 2.62 bits per heavy atom. The normalized spacial score (nSPS) is 17.8. The van der Waals surface area contributed by atoms with Gasteiger partial charge in [0.15, 0.2) is 4.80 Å². The predicted molar refractivity (Wildman–Crippen MR) is 141 cm³/mol. The number of rotatable bonds is 6. The van der Waals surface area contributed by atoms with E-state index in [0.29, 0.717) is 39.5 Å². The molecule has 37 heavy (non-hydrogen) atoms. The van der Waals surface area contributed by atoms with Gasteiger partial charge < -0.3 is 14.4 Å². The number of thiazole rings is 1. The fourth-order valence-electron chi connectivity index (χ4n) is 4.84. The van der Waals surface area contributed by atoms with Crippen LogP contribution in [0.3, 0.4) is 0 Å². The van der Waals surface area contributed by atoms with E-state index in [1.807, 2.05) is 42.5 Å². The quantitative estimate of drug-likeness (QED) is 0.372. The highest BCUT2D eigenvalue weighted by atomic mass is 32.1. The fraction of sp³-hybridized carbons (Fsp3) is 0.214. The zero-order chi connectivity index (χ0) is 26.3. The van der Waals surface area contributed by atoms with Crippen molar-refractivity contribution < 1.29 is 19.1 Å². The SMILES string of the molecule is C=CCN1C(=O)/C(=c2/sc3n(c2=O)[C@@H](c2ccccc2OC)C(C(=O)OCC)=C(C)N=3)c2ccccc21. The van der Waals surface area contributed by atoms with Gasteiger partial charge in [-0.3, -0.25) is 14.2 Å². The lowest BCUT2D eigenvalue weighted by Crippen LogP contribution is -2.41. The number of hydrogen-bond acceptors (Lipinski definition) is 7. The summed E-state index contributed by atoms with van der Waals surface area (Å²) in [5.74, 6) is -0.319. The molecule has 0 saturated carbocycles. The van der Waals surface area contributed by atoms with Gasteiger partial charge in [-0.2, -0.15) is 0 Å². The van der Waals surface area contributed by atoms with Gasteiger partial charge in [-0.15, -0.1) is 6.58 Å². The first-order chi connectivity index (χ1) is 17.9. The van der Waals surface area contributed by atoms with E-state index < -0.39 is 17.6 Å². The summed E-state index contributed by atoms with van der Waals surface area (Å²) >= 11 is 1.14. The van der Waals surface area contributed by atoms with Crippen molar-refractivity contribution in [3.05, 3.63) is 103 Å². The number of anilines is 1. The van der Waals surface area contributed by atoms with Gasteiger partial charge in [0, 0.05) is 17.7 Å². The number of carbonyl (C=O) groups excluding carboxylic acids is 2. The number of hydrogen-bond donors (Lipinski definition) is 0. The van der Waals surface area contributed by atoms with E-state index in [4.69, 9.17) is 9.47 Å². The second-order valence-electron chi connectivity index (χ2n) is 8.46. The molecule has 2 aliphatic heterocycles. The summed E-state index contributed by atoms with van der Waals surface area (Å²) in [6.45, 7) is 7.69. The molecular weight excluding hydrogens is 490 g/mol. The monoisotopic (exact) mass is 515 g/mol. The lowest BCUT2D eigenvalue weighted by atomic mass is 9.95. The molecule has 9 heteroatoms. The molecular formula is C28H25N3O5S. The first-order valence-electron chi connectivity index (χ1n) is 11.8. The molecule has 3 heterocycles. The average molecular weight is 516 g/mol. The Morgan fingerprint density at radius 2 is 1.89 bits per heavy atom. The number of esters is 1. The molecule has 3 aromatic rings.